The molecule has 8 heteroatoms. The van der Waals surface area contributed by atoms with E-state index >= 15 is 0 Å². The fraction of sp³-hybridized carbons (Fsp3) is 0.370. The van der Waals surface area contributed by atoms with Crippen LogP contribution in [0.4, 0.5) is 34.5 Å². The molecule has 2 aromatic carbocycles. The van der Waals surface area contributed by atoms with E-state index in [1.165, 1.54) is 12.8 Å². The van der Waals surface area contributed by atoms with E-state index in [4.69, 9.17) is 9.72 Å². The number of rotatable bonds is 5. The van der Waals surface area contributed by atoms with Crippen LogP contribution in [0.3, 0.4) is 0 Å². The number of hydrogen-bond acceptors (Lipinski definition) is 7. The lowest BCUT2D eigenvalue weighted by molar-refractivity contribution is 0.0989. The molecule has 0 saturated carbocycles. The first-order valence-corrected chi connectivity index (χ1v) is 12.2. The van der Waals surface area contributed by atoms with Crippen molar-refractivity contribution in [2.45, 2.75) is 26.7 Å². The normalized spacial score (nSPS) is 16.0. The number of nitrogens with one attached hydrogen (secondary N) is 1. The minimum atomic E-state index is -0.0534. The zero-order valence-electron chi connectivity index (χ0n) is 20.8. The molecule has 0 aliphatic carbocycles. The van der Waals surface area contributed by atoms with Crippen LogP contribution < -0.4 is 24.8 Å². The fourth-order valence-electron chi connectivity index (χ4n) is 4.86. The zero-order valence-corrected chi connectivity index (χ0v) is 20.8. The van der Waals surface area contributed by atoms with E-state index in [0.717, 1.165) is 41.8 Å². The summed E-state index contributed by atoms with van der Waals surface area (Å²) in [5.74, 6) is 2.58. The van der Waals surface area contributed by atoms with Crippen LogP contribution in [0, 0.1) is 5.92 Å². The van der Waals surface area contributed by atoms with Gasteiger partial charge in [-0.05, 0) is 49.9 Å². The molecule has 182 valence electrons. The van der Waals surface area contributed by atoms with Gasteiger partial charge in [0.25, 0.3) is 5.91 Å². The number of fused-ring (bicyclic) bond motifs is 2. The maximum absolute atomic E-state index is 13.2. The summed E-state index contributed by atoms with van der Waals surface area (Å²) in [4.78, 5) is 28.7. The number of carbonyl (C=O) groups is 1. The molecule has 1 aromatic heterocycles. The molecule has 2 aliphatic rings. The van der Waals surface area contributed by atoms with Gasteiger partial charge in [-0.1, -0.05) is 19.1 Å². The summed E-state index contributed by atoms with van der Waals surface area (Å²) in [6.07, 6.45) is 4.13. The Hall–Kier alpha value is -3.81. The first kappa shape index (κ1) is 23.0. The van der Waals surface area contributed by atoms with Crippen molar-refractivity contribution in [3.8, 4) is 5.75 Å². The average Bonchev–Trinajstić information content (AvgIpc) is 2.98. The van der Waals surface area contributed by atoms with Gasteiger partial charge in [-0.15, -0.1) is 0 Å². The smallest absolute Gasteiger partial charge is 0.260 e. The van der Waals surface area contributed by atoms with Crippen molar-refractivity contribution in [1.82, 2.24) is 9.97 Å². The summed E-state index contributed by atoms with van der Waals surface area (Å²) in [5, 5.41) is 3.32. The summed E-state index contributed by atoms with van der Waals surface area (Å²) < 4.78 is 5.71. The highest BCUT2D eigenvalue weighted by atomic mass is 16.5. The van der Waals surface area contributed by atoms with E-state index in [-0.39, 0.29) is 5.91 Å². The summed E-state index contributed by atoms with van der Waals surface area (Å²) >= 11 is 0. The van der Waals surface area contributed by atoms with Crippen LogP contribution >= 0.6 is 0 Å². The molecular formula is C27H32N6O2. The van der Waals surface area contributed by atoms with Crippen molar-refractivity contribution in [3.05, 3.63) is 54.2 Å². The lowest BCUT2D eigenvalue weighted by atomic mass is 9.99. The third kappa shape index (κ3) is 4.24. The predicted octanol–water partition coefficient (Wildman–Crippen LogP) is 5.21. The number of hydrogen-bond donors (Lipinski definition) is 1. The summed E-state index contributed by atoms with van der Waals surface area (Å²) in [5.41, 5.74) is 4.10. The molecule has 0 radical (unpaired) electrons. The molecule has 1 amide bonds. The molecule has 0 bridgehead atoms. The number of nitrogens with zero attached hydrogens (tertiary/aromatic N) is 5. The predicted molar refractivity (Wildman–Crippen MR) is 141 cm³/mol. The zero-order chi connectivity index (χ0) is 24.5. The van der Waals surface area contributed by atoms with Gasteiger partial charge in [-0.25, -0.2) is 4.98 Å². The maximum Gasteiger partial charge on any atom is 0.260 e. The van der Waals surface area contributed by atoms with Crippen molar-refractivity contribution in [2.24, 2.45) is 5.92 Å². The minimum absolute atomic E-state index is 0.0534. The Morgan fingerprint density at radius 1 is 1.11 bits per heavy atom. The lowest BCUT2D eigenvalue weighted by Crippen LogP contribution is -2.32. The van der Waals surface area contributed by atoms with Crippen molar-refractivity contribution in [3.63, 3.8) is 0 Å². The summed E-state index contributed by atoms with van der Waals surface area (Å²) in [6.45, 7) is 6.92. The van der Waals surface area contributed by atoms with E-state index in [9.17, 15) is 4.79 Å². The third-order valence-electron chi connectivity index (χ3n) is 7.00. The molecule has 1 fully saturated rings. The van der Waals surface area contributed by atoms with Crippen LogP contribution in [-0.4, -0.2) is 49.7 Å². The highest BCUT2D eigenvalue weighted by molar-refractivity contribution is 6.13. The molecular weight excluding hydrogens is 440 g/mol. The molecule has 8 nitrogen and oxygen atoms in total. The van der Waals surface area contributed by atoms with E-state index in [1.807, 2.05) is 49.2 Å². The number of methoxy groups -OCH3 is 1. The van der Waals surface area contributed by atoms with E-state index in [2.05, 4.69) is 34.3 Å². The Morgan fingerprint density at radius 3 is 2.63 bits per heavy atom. The van der Waals surface area contributed by atoms with Crippen molar-refractivity contribution < 1.29 is 9.53 Å². The Morgan fingerprint density at radius 2 is 1.89 bits per heavy atom. The first-order valence-electron chi connectivity index (χ1n) is 12.2. The van der Waals surface area contributed by atoms with Gasteiger partial charge in [0.05, 0.1) is 30.2 Å². The molecule has 5 rings (SSSR count). The van der Waals surface area contributed by atoms with Crippen LogP contribution in [0.25, 0.3) is 0 Å². The van der Waals surface area contributed by atoms with Crippen LogP contribution in [-0.2, 0) is 0 Å². The third-order valence-corrected chi connectivity index (χ3v) is 7.00. The largest absolute Gasteiger partial charge is 0.494 e. The van der Waals surface area contributed by atoms with Gasteiger partial charge >= 0.3 is 0 Å². The first-order chi connectivity index (χ1) is 17.0. The van der Waals surface area contributed by atoms with E-state index in [0.29, 0.717) is 29.6 Å². The van der Waals surface area contributed by atoms with Crippen LogP contribution in [0.15, 0.2) is 48.7 Å². The molecule has 2 aliphatic heterocycles. The van der Waals surface area contributed by atoms with Gasteiger partial charge in [-0.3, -0.25) is 4.79 Å². The number of para-hydroxylation sites is 1. The van der Waals surface area contributed by atoms with Crippen LogP contribution in [0.2, 0.25) is 0 Å². The van der Waals surface area contributed by atoms with Crippen molar-refractivity contribution in [1.29, 1.82) is 0 Å². The minimum Gasteiger partial charge on any atom is -0.494 e. The molecule has 35 heavy (non-hydrogen) atoms. The second-order valence-corrected chi connectivity index (χ2v) is 9.21. The molecule has 3 heterocycles. The molecule has 0 unspecified atom stereocenters. The van der Waals surface area contributed by atoms with E-state index < -0.39 is 0 Å². The van der Waals surface area contributed by atoms with Crippen LogP contribution in [0.1, 0.15) is 37.0 Å². The highest BCUT2D eigenvalue weighted by Crippen LogP contribution is 2.39. The second-order valence-electron chi connectivity index (χ2n) is 9.21. The Kier molecular flexibility index (Phi) is 6.19. The molecule has 1 saturated heterocycles. The number of ether oxygens (including phenoxy) is 1. The highest BCUT2D eigenvalue weighted by Gasteiger charge is 2.30. The van der Waals surface area contributed by atoms with Crippen molar-refractivity contribution in [2.75, 3.05) is 53.8 Å². The van der Waals surface area contributed by atoms with Gasteiger partial charge < -0.3 is 24.8 Å². The molecule has 0 atom stereocenters. The molecule has 3 aromatic rings. The SMILES string of the molecule is CCN1C(=O)c2ccccc2N(C)c2nc(Nc3ccc(N4CCC(C)CC4)cc3OC)ncc21. The molecule has 0 spiro atoms. The number of benzene rings is 2. The van der Waals surface area contributed by atoms with Gasteiger partial charge in [0.2, 0.25) is 5.95 Å². The van der Waals surface area contributed by atoms with Crippen LogP contribution in [0.5, 0.6) is 5.75 Å². The Bertz CT molecular complexity index is 1240. The number of aromatic nitrogens is 2. The number of amides is 1. The standard InChI is InChI=1S/C27H32N6O2/c1-5-33-23-17-28-27(30-25(23)31(3)22-9-7-6-8-20(22)26(33)34)29-21-11-10-19(16-24(21)35-4)32-14-12-18(2)13-15-32/h6-11,16-18H,5,12-15H2,1-4H3,(H,28,29,30). The van der Waals surface area contributed by atoms with Crippen molar-refractivity contribution >= 4 is 40.4 Å². The van der Waals surface area contributed by atoms with Gasteiger partial charge in [0.1, 0.15) is 11.4 Å². The average molecular weight is 473 g/mol. The number of anilines is 6. The monoisotopic (exact) mass is 472 g/mol. The summed E-state index contributed by atoms with van der Waals surface area (Å²) in [6, 6.07) is 13.8. The Balaban J connectivity index is 1.47. The summed E-state index contributed by atoms with van der Waals surface area (Å²) in [7, 11) is 3.60. The second kappa shape index (κ2) is 9.44. The number of carbonyl (C=O) groups excluding carboxylic acids is 1. The lowest BCUT2D eigenvalue weighted by Gasteiger charge is -2.32. The quantitative estimate of drug-likeness (QED) is 0.546. The fourth-order valence-corrected chi connectivity index (χ4v) is 4.86. The maximum atomic E-state index is 13.2. The van der Waals surface area contributed by atoms with E-state index in [1.54, 1.807) is 18.2 Å². The van der Waals surface area contributed by atoms with Gasteiger partial charge in [-0.2, -0.15) is 4.98 Å². The topological polar surface area (TPSA) is 73.8 Å². The van der Waals surface area contributed by atoms with Gasteiger partial charge in [0.15, 0.2) is 5.82 Å². The van der Waals surface area contributed by atoms with Gasteiger partial charge in [0, 0.05) is 38.4 Å². The number of piperidine rings is 1. The Labute approximate surface area is 206 Å². The molecule has 1 N–H and O–H groups in total.